The molecule has 78 valence electrons. The highest BCUT2D eigenvalue weighted by molar-refractivity contribution is 4.82. The summed E-state index contributed by atoms with van der Waals surface area (Å²) < 4.78 is 0. The first-order valence-corrected chi connectivity index (χ1v) is 4.84. The average molecular weight is 197 g/mol. The highest BCUT2D eigenvalue weighted by atomic mass is 16.3. The summed E-state index contributed by atoms with van der Waals surface area (Å²) in [5, 5.41) is 20.8. The molecule has 0 saturated carbocycles. The van der Waals surface area contributed by atoms with Crippen molar-refractivity contribution >= 4 is 0 Å². The van der Waals surface area contributed by atoms with E-state index in [4.69, 9.17) is 5.11 Å². The second-order valence-electron chi connectivity index (χ2n) is 3.77. The van der Waals surface area contributed by atoms with Gasteiger partial charge in [-0.1, -0.05) is 0 Å². The van der Waals surface area contributed by atoms with Gasteiger partial charge in [0.1, 0.15) is 0 Å². The van der Waals surface area contributed by atoms with Gasteiger partial charge in [0.15, 0.2) is 5.82 Å². The molecule has 0 aromatic carbocycles. The van der Waals surface area contributed by atoms with Gasteiger partial charge in [-0.15, -0.1) is 10.2 Å². The minimum atomic E-state index is 0.282. The zero-order chi connectivity index (χ0) is 9.97. The number of hydrogen-bond acceptors (Lipinski definition) is 5. The summed E-state index contributed by atoms with van der Waals surface area (Å²) >= 11 is 0. The average Bonchev–Trinajstić information content (AvgIpc) is 2.76. The zero-order valence-electron chi connectivity index (χ0n) is 8.30. The Labute approximate surface area is 82.5 Å². The van der Waals surface area contributed by atoms with Crippen molar-refractivity contribution in [2.24, 2.45) is 13.0 Å². The maximum Gasteiger partial charge on any atom is 0.188 e. The molecule has 2 heterocycles. The highest BCUT2D eigenvalue weighted by Gasteiger charge is 2.22. The van der Waals surface area contributed by atoms with Gasteiger partial charge in [0.25, 0.3) is 0 Å². The fraction of sp³-hybridized carbons (Fsp3) is 0.875. The SMILES string of the molecule is Cn1nnc(CN2CCC(CO)C2)n1. The van der Waals surface area contributed by atoms with Crippen LogP contribution >= 0.6 is 0 Å². The number of nitrogens with zero attached hydrogens (tertiary/aromatic N) is 5. The van der Waals surface area contributed by atoms with Crippen LogP contribution in [0.1, 0.15) is 12.2 Å². The Balaban J connectivity index is 1.87. The lowest BCUT2D eigenvalue weighted by atomic mass is 10.1. The van der Waals surface area contributed by atoms with E-state index in [1.165, 1.54) is 4.80 Å². The van der Waals surface area contributed by atoms with Crippen molar-refractivity contribution in [3.05, 3.63) is 5.82 Å². The van der Waals surface area contributed by atoms with E-state index in [0.29, 0.717) is 5.92 Å². The second kappa shape index (κ2) is 4.02. The van der Waals surface area contributed by atoms with E-state index >= 15 is 0 Å². The van der Waals surface area contributed by atoms with Crippen LogP contribution in [0.2, 0.25) is 0 Å². The first-order valence-electron chi connectivity index (χ1n) is 4.84. The third-order valence-corrected chi connectivity index (χ3v) is 2.54. The van der Waals surface area contributed by atoms with Gasteiger partial charge in [0.05, 0.1) is 13.6 Å². The molecule has 6 nitrogen and oxygen atoms in total. The van der Waals surface area contributed by atoms with Crippen LogP contribution in [0.15, 0.2) is 0 Å². The van der Waals surface area contributed by atoms with Gasteiger partial charge in [0.2, 0.25) is 0 Å². The first-order chi connectivity index (χ1) is 6.78. The van der Waals surface area contributed by atoms with Gasteiger partial charge in [-0.05, 0) is 24.1 Å². The molecule has 2 rings (SSSR count). The predicted octanol–water partition coefficient (Wildman–Crippen LogP) is -0.976. The van der Waals surface area contributed by atoms with E-state index in [1.807, 2.05) is 0 Å². The van der Waals surface area contributed by atoms with Crippen molar-refractivity contribution in [2.45, 2.75) is 13.0 Å². The Morgan fingerprint density at radius 3 is 3.00 bits per heavy atom. The molecule has 0 spiro atoms. The molecule has 1 atom stereocenters. The molecule has 1 aromatic heterocycles. The molecule has 0 amide bonds. The van der Waals surface area contributed by atoms with Crippen molar-refractivity contribution in [3.63, 3.8) is 0 Å². The van der Waals surface area contributed by atoms with Crippen molar-refractivity contribution < 1.29 is 5.11 Å². The quantitative estimate of drug-likeness (QED) is 0.675. The second-order valence-corrected chi connectivity index (χ2v) is 3.77. The van der Waals surface area contributed by atoms with E-state index in [1.54, 1.807) is 7.05 Å². The Morgan fingerprint density at radius 1 is 1.57 bits per heavy atom. The summed E-state index contributed by atoms with van der Waals surface area (Å²) in [6.45, 7) is 2.98. The molecule has 1 aromatic rings. The smallest absolute Gasteiger partial charge is 0.188 e. The van der Waals surface area contributed by atoms with Crippen LogP contribution in [0.25, 0.3) is 0 Å². The van der Waals surface area contributed by atoms with Gasteiger partial charge in [-0.25, -0.2) is 0 Å². The van der Waals surface area contributed by atoms with Crippen LogP contribution in [0.5, 0.6) is 0 Å². The Kier molecular flexibility index (Phi) is 2.74. The molecule has 0 radical (unpaired) electrons. The summed E-state index contributed by atoms with van der Waals surface area (Å²) in [7, 11) is 1.76. The van der Waals surface area contributed by atoms with Crippen molar-refractivity contribution in [1.82, 2.24) is 25.1 Å². The Hall–Kier alpha value is -1.01. The van der Waals surface area contributed by atoms with Crippen LogP contribution in [-0.2, 0) is 13.6 Å². The number of aliphatic hydroxyl groups is 1. The highest BCUT2D eigenvalue weighted by Crippen LogP contribution is 2.16. The normalized spacial score (nSPS) is 23.1. The number of aromatic nitrogens is 4. The van der Waals surface area contributed by atoms with Crippen LogP contribution < -0.4 is 0 Å². The molecular formula is C8H15N5O. The lowest BCUT2D eigenvalue weighted by Gasteiger charge is -2.12. The number of hydrogen-bond donors (Lipinski definition) is 1. The fourth-order valence-electron chi connectivity index (χ4n) is 1.79. The minimum absolute atomic E-state index is 0.282. The molecular weight excluding hydrogens is 182 g/mol. The van der Waals surface area contributed by atoms with E-state index in [0.717, 1.165) is 31.9 Å². The number of aryl methyl sites for hydroxylation is 1. The lowest BCUT2D eigenvalue weighted by Crippen LogP contribution is -2.21. The first kappa shape index (κ1) is 9.54. The number of rotatable bonds is 3. The summed E-state index contributed by atoms with van der Waals surface area (Å²) in [6, 6.07) is 0. The monoisotopic (exact) mass is 197 g/mol. The number of likely N-dealkylation sites (tertiary alicyclic amines) is 1. The van der Waals surface area contributed by atoms with Crippen LogP contribution in [0.3, 0.4) is 0 Å². The van der Waals surface area contributed by atoms with Gasteiger partial charge < -0.3 is 5.11 Å². The van der Waals surface area contributed by atoms with Crippen LogP contribution in [0.4, 0.5) is 0 Å². The van der Waals surface area contributed by atoms with Crippen molar-refractivity contribution in [2.75, 3.05) is 19.7 Å². The Bertz CT molecular complexity index is 300. The molecule has 1 aliphatic heterocycles. The van der Waals surface area contributed by atoms with E-state index in [-0.39, 0.29) is 6.61 Å². The summed E-state index contributed by atoms with van der Waals surface area (Å²) in [5.74, 6) is 1.18. The molecule has 14 heavy (non-hydrogen) atoms. The maximum absolute atomic E-state index is 8.98. The standard InChI is InChI=1S/C8H15N5O/c1-12-10-8(9-11-12)5-13-3-2-7(4-13)6-14/h7,14H,2-6H2,1H3. The molecule has 0 bridgehead atoms. The molecule has 6 heteroatoms. The lowest BCUT2D eigenvalue weighted by molar-refractivity contribution is 0.219. The molecule has 0 aliphatic carbocycles. The topological polar surface area (TPSA) is 67.1 Å². The summed E-state index contributed by atoms with van der Waals surface area (Å²) in [5.41, 5.74) is 0. The van der Waals surface area contributed by atoms with Crippen molar-refractivity contribution in [1.29, 1.82) is 0 Å². The van der Waals surface area contributed by atoms with Gasteiger partial charge >= 0.3 is 0 Å². The third-order valence-electron chi connectivity index (χ3n) is 2.54. The summed E-state index contributed by atoms with van der Waals surface area (Å²) in [4.78, 5) is 3.72. The van der Waals surface area contributed by atoms with Crippen molar-refractivity contribution in [3.8, 4) is 0 Å². The largest absolute Gasteiger partial charge is 0.396 e. The van der Waals surface area contributed by atoms with E-state index in [2.05, 4.69) is 20.3 Å². The fourth-order valence-corrected chi connectivity index (χ4v) is 1.79. The summed E-state index contributed by atoms with van der Waals surface area (Å²) in [6.07, 6.45) is 1.07. The third kappa shape index (κ3) is 2.08. The van der Waals surface area contributed by atoms with E-state index < -0.39 is 0 Å². The van der Waals surface area contributed by atoms with Crippen LogP contribution in [-0.4, -0.2) is 49.9 Å². The van der Waals surface area contributed by atoms with E-state index in [9.17, 15) is 0 Å². The molecule has 1 N–H and O–H groups in total. The van der Waals surface area contributed by atoms with Crippen LogP contribution in [0, 0.1) is 5.92 Å². The molecule has 1 unspecified atom stereocenters. The Morgan fingerprint density at radius 2 is 2.43 bits per heavy atom. The number of aliphatic hydroxyl groups excluding tert-OH is 1. The maximum atomic E-state index is 8.98. The van der Waals surface area contributed by atoms with Gasteiger partial charge in [-0.3, -0.25) is 4.90 Å². The van der Waals surface area contributed by atoms with Gasteiger partial charge in [-0.2, -0.15) is 4.80 Å². The molecule has 1 aliphatic rings. The zero-order valence-corrected chi connectivity index (χ0v) is 8.30. The van der Waals surface area contributed by atoms with Gasteiger partial charge in [0, 0.05) is 13.2 Å². The molecule has 1 saturated heterocycles. The minimum Gasteiger partial charge on any atom is -0.396 e. The number of tetrazole rings is 1. The predicted molar refractivity (Wildman–Crippen MR) is 49.3 cm³/mol. The molecule has 1 fully saturated rings.